The van der Waals surface area contributed by atoms with Crippen molar-refractivity contribution in [2.45, 2.75) is 12.8 Å². The Morgan fingerprint density at radius 2 is 2.33 bits per heavy atom. The maximum Gasteiger partial charge on any atom is 0.214 e. The first kappa shape index (κ1) is 8.29. The fourth-order valence-electron chi connectivity index (χ4n) is 0.427. The molecule has 0 radical (unpaired) electrons. The highest BCUT2D eigenvalue weighted by Gasteiger charge is 1.85. The Hall–Kier alpha value is -0.710. The lowest BCUT2D eigenvalue weighted by Crippen LogP contribution is -1.81. The van der Waals surface area contributed by atoms with Crippen LogP contribution in [0.2, 0.25) is 0 Å². The van der Waals surface area contributed by atoms with E-state index in [4.69, 9.17) is 6.57 Å². The summed E-state index contributed by atoms with van der Waals surface area (Å²) in [4.78, 5) is 6.90. The average molecular weight is 140 g/mol. The molecule has 0 amide bonds. The number of nitrogens with zero attached hydrogens (tertiary/aromatic N) is 2. The molecule has 0 aromatic heterocycles. The van der Waals surface area contributed by atoms with E-state index in [0.717, 1.165) is 19.4 Å². The third kappa shape index (κ3) is 7.29. The first-order chi connectivity index (χ1) is 4.41. The highest BCUT2D eigenvalue weighted by atomic mass is 32.1. The average Bonchev–Trinajstić information content (AvgIpc) is 1.89. The van der Waals surface area contributed by atoms with Gasteiger partial charge in [-0.25, -0.2) is 11.6 Å². The van der Waals surface area contributed by atoms with Crippen LogP contribution in [0.25, 0.3) is 4.85 Å². The van der Waals surface area contributed by atoms with E-state index in [1.54, 1.807) is 0 Å². The Morgan fingerprint density at radius 1 is 1.56 bits per heavy atom. The van der Waals surface area contributed by atoms with Gasteiger partial charge in [0.25, 0.3) is 0 Å². The predicted molar refractivity (Wildman–Crippen MR) is 40.6 cm³/mol. The van der Waals surface area contributed by atoms with Crippen molar-refractivity contribution in [2.24, 2.45) is 4.99 Å². The minimum absolute atomic E-state index is 0.604. The number of isothiocyanates is 1. The largest absolute Gasteiger partial charge is 0.317 e. The maximum absolute atomic E-state index is 6.44. The highest BCUT2D eigenvalue weighted by molar-refractivity contribution is 7.78. The zero-order valence-corrected chi connectivity index (χ0v) is 5.95. The van der Waals surface area contributed by atoms with Gasteiger partial charge in [0.2, 0.25) is 6.54 Å². The summed E-state index contributed by atoms with van der Waals surface area (Å²) in [6.07, 6.45) is 1.87. The van der Waals surface area contributed by atoms with Gasteiger partial charge in [0, 0.05) is 13.0 Å². The van der Waals surface area contributed by atoms with E-state index in [-0.39, 0.29) is 0 Å². The Labute approximate surface area is 60.4 Å². The molecule has 0 spiro atoms. The Balaban J connectivity index is 2.93. The summed E-state index contributed by atoms with van der Waals surface area (Å²) in [6, 6.07) is 0. The summed E-state index contributed by atoms with van der Waals surface area (Å²) in [6.45, 7) is 7.77. The van der Waals surface area contributed by atoms with Crippen LogP contribution >= 0.6 is 12.2 Å². The minimum atomic E-state index is 0.604. The fourth-order valence-corrected chi connectivity index (χ4v) is 0.519. The monoisotopic (exact) mass is 140 g/mol. The number of rotatable bonds is 4. The SMILES string of the molecule is [C-]#[N+]CCCCN=C=S. The minimum Gasteiger partial charge on any atom is -0.317 e. The molecule has 0 fully saturated rings. The third-order valence-corrected chi connectivity index (χ3v) is 0.983. The van der Waals surface area contributed by atoms with Gasteiger partial charge in [-0.2, -0.15) is 0 Å². The Morgan fingerprint density at radius 3 is 2.89 bits per heavy atom. The van der Waals surface area contributed by atoms with E-state index in [1.807, 2.05) is 0 Å². The molecule has 0 atom stereocenters. The van der Waals surface area contributed by atoms with Crippen LogP contribution in [0.1, 0.15) is 12.8 Å². The van der Waals surface area contributed by atoms with E-state index >= 15 is 0 Å². The topological polar surface area (TPSA) is 16.7 Å². The van der Waals surface area contributed by atoms with Gasteiger partial charge in [0.15, 0.2) is 0 Å². The molecule has 9 heavy (non-hydrogen) atoms. The molecule has 0 aromatic carbocycles. The van der Waals surface area contributed by atoms with E-state index in [2.05, 4.69) is 27.2 Å². The summed E-state index contributed by atoms with van der Waals surface area (Å²) >= 11 is 4.35. The van der Waals surface area contributed by atoms with E-state index < -0.39 is 0 Å². The van der Waals surface area contributed by atoms with Crippen LogP contribution in [0.15, 0.2) is 4.99 Å². The number of thiocarbonyl (C=S) groups is 1. The molecular formula is C6H8N2S. The summed E-state index contributed by atoms with van der Waals surface area (Å²) < 4.78 is 0. The van der Waals surface area contributed by atoms with Crippen molar-refractivity contribution >= 4 is 17.4 Å². The number of hydrogen-bond acceptors (Lipinski definition) is 2. The molecule has 0 aliphatic carbocycles. The first-order valence-corrected chi connectivity index (χ1v) is 3.19. The summed E-state index contributed by atoms with van der Waals surface area (Å²) in [5, 5.41) is 2.28. The van der Waals surface area contributed by atoms with Crippen molar-refractivity contribution in [1.82, 2.24) is 0 Å². The van der Waals surface area contributed by atoms with E-state index in [1.165, 1.54) is 0 Å². The molecule has 0 aliphatic rings. The van der Waals surface area contributed by atoms with Crippen LogP contribution in [-0.4, -0.2) is 18.3 Å². The first-order valence-electron chi connectivity index (χ1n) is 2.78. The standard InChI is InChI=1S/C6H8N2S/c1-7-4-2-3-5-8-6-9/h2-5H2. The molecule has 3 heteroatoms. The molecule has 0 bridgehead atoms. The number of aliphatic imine (C=N–C) groups is 1. The summed E-state index contributed by atoms with van der Waals surface area (Å²) in [5.74, 6) is 0. The molecule has 48 valence electrons. The quantitative estimate of drug-likeness (QED) is 0.252. The number of hydrogen-bond donors (Lipinski definition) is 0. The molecule has 0 saturated heterocycles. The van der Waals surface area contributed by atoms with Gasteiger partial charge >= 0.3 is 0 Å². The van der Waals surface area contributed by atoms with Crippen LogP contribution in [-0.2, 0) is 0 Å². The maximum atomic E-state index is 6.44. The molecule has 0 saturated carbocycles. The van der Waals surface area contributed by atoms with Gasteiger partial charge in [-0.15, -0.1) is 0 Å². The van der Waals surface area contributed by atoms with Crippen LogP contribution in [0.3, 0.4) is 0 Å². The van der Waals surface area contributed by atoms with E-state index in [9.17, 15) is 0 Å². The summed E-state index contributed by atoms with van der Waals surface area (Å²) in [5.41, 5.74) is 0. The molecule has 0 aromatic rings. The van der Waals surface area contributed by atoms with Crippen molar-refractivity contribution in [2.75, 3.05) is 13.1 Å². The molecule has 0 rings (SSSR count). The van der Waals surface area contributed by atoms with E-state index in [0.29, 0.717) is 6.54 Å². The normalized spacial score (nSPS) is 7.44. The molecule has 2 nitrogen and oxygen atoms in total. The van der Waals surface area contributed by atoms with Gasteiger partial charge < -0.3 is 4.85 Å². The Kier molecular flexibility index (Phi) is 6.71. The fraction of sp³-hybridized carbons (Fsp3) is 0.667. The van der Waals surface area contributed by atoms with Crippen LogP contribution in [0, 0.1) is 6.57 Å². The lowest BCUT2D eigenvalue weighted by molar-refractivity contribution is 0.794. The second-order valence-electron chi connectivity index (χ2n) is 1.56. The van der Waals surface area contributed by atoms with Gasteiger partial charge in [0.05, 0.1) is 5.16 Å². The smallest absolute Gasteiger partial charge is 0.214 e. The van der Waals surface area contributed by atoms with Crippen LogP contribution < -0.4 is 0 Å². The second kappa shape index (κ2) is 7.29. The van der Waals surface area contributed by atoms with Crippen LogP contribution in [0.5, 0.6) is 0 Å². The molecule has 0 unspecified atom stereocenters. The Bertz CT molecular complexity index is 142. The van der Waals surface area contributed by atoms with Crippen molar-refractivity contribution in [3.05, 3.63) is 11.4 Å². The zero-order valence-electron chi connectivity index (χ0n) is 5.13. The van der Waals surface area contributed by atoms with Crippen LogP contribution in [0.4, 0.5) is 0 Å². The molecule has 0 aliphatic heterocycles. The van der Waals surface area contributed by atoms with Crippen molar-refractivity contribution < 1.29 is 0 Å². The van der Waals surface area contributed by atoms with Gasteiger partial charge in [-0.1, -0.05) is 0 Å². The lowest BCUT2D eigenvalue weighted by atomic mass is 10.3. The second-order valence-corrected chi connectivity index (χ2v) is 1.74. The highest BCUT2D eigenvalue weighted by Crippen LogP contribution is 1.88. The number of unbranched alkanes of at least 4 members (excludes halogenated alkanes) is 1. The predicted octanol–water partition coefficient (Wildman–Crippen LogP) is 1.79. The van der Waals surface area contributed by atoms with Crippen molar-refractivity contribution in [3.8, 4) is 0 Å². The molecule has 0 heterocycles. The summed E-state index contributed by atoms with van der Waals surface area (Å²) in [7, 11) is 0. The van der Waals surface area contributed by atoms with Gasteiger partial charge in [-0.3, -0.25) is 0 Å². The molecular weight excluding hydrogens is 132 g/mol. The zero-order chi connectivity index (χ0) is 6.95. The van der Waals surface area contributed by atoms with Crippen molar-refractivity contribution in [3.63, 3.8) is 0 Å². The van der Waals surface area contributed by atoms with Gasteiger partial charge in [0.1, 0.15) is 0 Å². The van der Waals surface area contributed by atoms with Gasteiger partial charge in [-0.05, 0) is 18.6 Å². The van der Waals surface area contributed by atoms with Crippen molar-refractivity contribution in [1.29, 1.82) is 0 Å². The molecule has 0 N–H and O–H groups in total. The third-order valence-electron chi connectivity index (χ3n) is 0.854. The lowest BCUT2D eigenvalue weighted by Gasteiger charge is -1.84.